The highest BCUT2D eigenvalue weighted by Crippen LogP contribution is 2.28. The molecule has 2 amide bonds. The molecule has 0 heterocycles. The highest BCUT2D eigenvalue weighted by atomic mass is 35.5. The average Bonchev–Trinajstić information content (AvgIpc) is 3.02. The normalized spacial score (nSPS) is 12.0. The molecule has 1 N–H and O–H groups in total. The van der Waals surface area contributed by atoms with Gasteiger partial charge >= 0.3 is 0 Å². The molecule has 0 aliphatic rings. The van der Waals surface area contributed by atoms with Crippen LogP contribution in [0.15, 0.2) is 95.9 Å². The summed E-state index contributed by atoms with van der Waals surface area (Å²) in [6, 6.07) is 25.4. The Morgan fingerprint density at radius 3 is 2.04 bits per heavy atom. The Balaban J connectivity index is 1.83. The zero-order chi connectivity index (χ0) is 33.4. The molecular formula is C36H39Cl2N3O4S. The van der Waals surface area contributed by atoms with Gasteiger partial charge in [0.15, 0.2) is 0 Å². The molecule has 0 bridgehead atoms. The smallest absolute Gasteiger partial charge is 0.264 e. The van der Waals surface area contributed by atoms with Crippen molar-refractivity contribution in [2.45, 2.75) is 58.0 Å². The number of halogens is 2. The van der Waals surface area contributed by atoms with Gasteiger partial charge in [0, 0.05) is 19.5 Å². The van der Waals surface area contributed by atoms with Crippen molar-refractivity contribution in [3.05, 3.63) is 129 Å². The van der Waals surface area contributed by atoms with E-state index in [9.17, 15) is 18.0 Å². The second-order valence-corrected chi connectivity index (χ2v) is 14.1. The Labute approximate surface area is 282 Å². The van der Waals surface area contributed by atoms with Gasteiger partial charge in [-0.15, -0.1) is 0 Å². The van der Waals surface area contributed by atoms with E-state index in [1.54, 1.807) is 42.5 Å². The molecule has 0 aliphatic carbocycles. The third-order valence-electron chi connectivity index (χ3n) is 7.54. The Bertz CT molecular complexity index is 1760. The monoisotopic (exact) mass is 679 g/mol. The van der Waals surface area contributed by atoms with E-state index >= 15 is 0 Å². The molecule has 0 spiro atoms. The summed E-state index contributed by atoms with van der Waals surface area (Å²) < 4.78 is 29.6. The number of benzene rings is 4. The van der Waals surface area contributed by atoms with Gasteiger partial charge in [-0.05, 0) is 85.8 Å². The van der Waals surface area contributed by atoms with Crippen molar-refractivity contribution >= 4 is 50.7 Å². The van der Waals surface area contributed by atoms with E-state index in [4.69, 9.17) is 23.2 Å². The fourth-order valence-corrected chi connectivity index (χ4v) is 6.93. The van der Waals surface area contributed by atoms with Gasteiger partial charge in [-0.2, -0.15) is 0 Å². The Hall–Kier alpha value is -3.85. The number of carbonyl (C=O) groups is 2. The Morgan fingerprint density at radius 1 is 0.783 bits per heavy atom. The van der Waals surface area contributed by atoms with Crippen LogP contribution in [0.3, 0.4) is 0 Å². The first-order valence-electron chi connectivity index (χ1n) is 15.1. The van der Waals surface area contributed by atoms with Gasteiger partial charge < -0.3 is 10.2 Å². The van der Waals surface area contributed by atoms with Gasteiger partial charge in [-0.1, -0.05) is 90.3 Å². The summed E-state index contributed by atoms with van der Waals surface area (Å²) in [6.45, 7) is 7.46. The van der Waals surface area contributed by atoms with Crippen LogP contribution in [-0.4, -0.2) is 44.3 Å². The van der Waals surface area contributed by atoms with Crippen molar-refractivity contribution in [3.63, 3.8) is 0 Å². The highest BCUT2D eigenvalue weighted by Gasteiger charge is 2.34. The second-order valence-electron chi connectivity index (χ2n) is 11.4. The SMILES string of the molecule is CCCNC(=O)C(Cc1ccccc1)N(Cc1ccc(Cl)c(Cl)c1)C(=O)CN(c1cc(C)cc(C)c1)S(=O)(=O)c1ccc(C)cc1. The molecule has 46 heavy (non-hydrogen) atoms. The third kappa shape index (κ3) is 8.90. The minimum atomic E-state index is -4.19. The summed E-state index contributed by atoms with van der Waals surface area (Å²) in [5, 5.41) is 3.61. The molecule has 0 aliphatic heterocycles. The fourth-order valence-electron chi connectivity index (χ4n) is 5.22. The molecular weight excluding hydrogens is 641 g/mol. The summed E-state index contributed by atoms with van der Waals surface area (Å²) >= 11 is 12.5. The molecule has 0 saturated carbocycles. The predicted octanol–water partition coefficient (Wildman–Crippen LogP) is 7.28. The molecule has 242 valence electrons. The summed E-state index contributed by atoms with van der Waals surface area (Å²) in [4.78, 5) is 29.9. The van der Waals surface area contributed by atoms with Crippen LogP contribution in [0, 0.1) is 20.8 Å². The summed E-state index contributed by atoms with van der Waals surface area (Å²) in [6.07, 6.45) is 0.928. The van der Waals surface area contributed by atoms with Gasteiger partial charge in [-0.3, -0.25) is 13.9 Å². The van der Waals surface area contributed by atoms with Crippen molar-refractivity contribution in [1.29, 1.82) is 0 Å². The molecule has 1 unspecified atom stereocenters. The predicted molar refractivity (Wildman–Crippen MR) is 186 cm³/mol. The lowest BCUT2D eigenvalue weighted by Crippen LogP contribution is -2.53. The van der Waals surface area contributed by atoms with Crippen LogP contribution in [0.4, 0.5) is 5.69 Å². The molecule has 0 radical (unpaired) electrons. The van der Waals surface area contributed by atoms with Crippen LogP contribution in [0.2, 0.25) is 10.0 Å². The number of hydrogen-bond donors (Lipinski definition) is 1. The van der Waals surface area contributed by atoms with Crippen molar-refractivity contribution in [2.75, 3.05) is 17.4 Å². The van der Waals surface area contributed by atoms with Gasteiger partial charge in [0.25, 0.3) is 10.0 Å². The van der Waals surface area contributed by atoms with Crippen molar-refractivity contribution < 1.29 is 18.0 Å². The van der Waals surface area contributed by atoms with Crippen LogP contribution in [0.25, 0.3) is 0 Å². The minimum absolute atomic E-state index is 0.00195. The van der Waals surface area contributed by atoms with Crippen LogP contribution < -0.4 is 9.62 Å². The first-order valence-corrected chi connectivity index (χ1v) is 17.3. The molecule has 7 nitrogen and oxygen atoms in total. The van der Waals surface area contributed by atoms with Gasteiger partial charge in [-0.25, -0.2) is 8.42 Å². The number of nitrogens with one attached hydrogen (secondary N) is 1. The number of aryl methyl sites for hydroxylation is 3. The third-order valence-corrected chi connectivity index (χ3v) is 10.1. The quantitative estimate of drug-likeness (QED) is 0.161. The van der Waals surface area contributed by atoms with Crippen LogP contribution in [0.5, 0.6) is 0 Å². The lowest BCUT2D eigenvalue weighted by Gasteiger charge is -2.34. The van der Waals surface area contributed by atoms with Crippen molar-refractivity contribution in [1.82, 2.24) is 10.2 Å². The lowest BCUT2D eigenvalue weighted by atomic mass is 10.0. The van der Waals surface area contributed by atoms with E-state index in [0.717, 1.165) is 26.6 Å². The van der Waals surface area contributed by atoms with Crippen molar-refractivity contribution in [2.24, 2.45) is 0 Å². The van der Waals surface area contributed by atoms with Crippen LogP contribution in [0.1, 0.15) is 41.2 Å². The maximum Gasteiger partial charge on any atom is 0.264 e. The molecule has 0 fully saturated rings. The number of hydrogen-bond acceptors (Lipinski definition) is 4. The second kappa shape index (κ2) is 15.6. The van der Waals surface area contributed by atoms with Crippen LogP contribution >= 0.6 is 23.2 Å². The number of nitrogens with zero attached hydrogens (tertiary/aromatic N) is 2. The van der Waals surface area contributed by atoms with E-state index in [1.165, 1.54) is 17.0 Å². The summed E-state index contributed by atoms with van der Waals surface area (Å²) in [5.74, 6) is -0.882. The molecule has 10 heteroatoms. The molecule has 1 atom stereocenters. The number of sulfonamides is 1. The molecule has 0 aromatic heterocycles. The van der Waals surface area contributed by atoms with E-state index in [-0.39, 0.29) is 23.8 Å². The first-order chi connectivity index (χ1) is 21.9. The summed E-state index contributed by atoms with van der Waals surface area (Å²) in [7, 11) is -4.19. The molecule has 4 rings (SSSR count). The topological polar surface area (TPSA) is 86.8 Å². The van der Waals surface area contributed by atoms with E-state index in [1.807, 2.05) is 64.1 Å². The highest BCUT2D eigenvalue weighted by molar-refractivity contribution is 7.92. The van der Waals surface area contributed by atoms with E-state index in [2.05, 4.69) is 5.32 Å². The number of anilines is 1. The zero-order valence-electron chi connectivity index (χ0n) is 26.5. The van der Waals surface area contributed by atoms with E-state index < -0.39 is 28.5 Å². The van der Waals surface area contributed by atoms with E-state index in [0.29, 0.717) is 34.3 Å². The minimum Gasteiger partial charge on any atom is -0.354 e. The van der Waals surface area contributed by atoms with Crippen LogP contribution in [-0.2, 0) is 32.6 Å². The molecule has 0 saturated heterocycles. The Morgan fingerprint density at radius 2 is 1.43 bits per heavy atom. The van der Waals surface area contributed by atoms with Gasteiger partial charge in [0.05, 0.1) is 20.6 Å². The molecule has 4 aromatic rings. The summed E-state index contributed by atoms with van der Waals surface area (Å²) in [5.41, 5.74) is 4.45. The lowest BCUT2D eigenvalue weighted by molar-refractivity contribution is -0.140. The van der Waals surface area contributed by atoms with Gasteiger partial charge in [0.1, 0.15) is 12.6 Å². The number of rotatable bonds is 13. The van der Waals surface area contributed by atoms with Crippen molar-refractivity contribution in [3.8, 4) is 0 Å². The maximum atomic E-state index is 14.6. The zero-order valence-corrected chi connectivity index (χ0v) is 28.8. The maximum absolute atomic E-state index is 14.6. The average molecular weight is 681 g/mol. The first kappa shape index (κ1) is 35.0. The molecule has 4 aromatic carbocycles. The fraction of sp³-hybridized carbons (Fsp3) is 0.278. The van der Waals surface area contributed by atoms with Gasteiger partial charge in [0.2, 0.25) is 11.8 Å². The largest absolute Gasteiger partial charge is 0.354 e. The standard InChI is InChI=1S/C36H39Cl2N3O4S/c1-5-17-39-36(43)34(22-28-9-7-6-8-10-28)40(23-29-13-16-32(37)33(38)21-29)35(42)24-41(30-19-26(3)18-27(4)20-30)46(44,45)31-14-11-25(2)12-15-31/h6-16,18-21,34H,5,17,22-24H2,1-4H3,(H,39,43). The number of carbonyl (C=O) groups excluding carboxylic acids is 2. The number of amides is 2. The Kier molecular flexibility index (Phi) is 11.9.